The third-order valence-electron chi connectivity index (χ3n) is 4.91. The van der Waals surface area contributed by atoms with Gasteiger partial charge in [-0.25, -0.2) is 4.68 Å². The lowest BCUT2D eigenvalue weighted by Gasteiger charge is -2.21. The normalized spacial score (nSPS) is 19.9. The van der Waals surface area contributed by atoms with Crippen molar-refractivity contribution in [3.05, 3.63) is 47.3 Å². The van der Waals surface area contributed by atoms with Crippen LogP contribution in [-0.4, -0.2) is 39.7 Å². The van der Waals surface area contributed by atoms with Gasteiger partial charge in [-0.2, -0.15) is 18.3 Å². The first-order valence-electron chi connectivity index (χ1n) is 8.45. The van der Waals surface area contributed by atoms with Crippen molar-refractivity contribution in [3.63, 3.8) is 0 Å². The van der Waals surface area contributed by atoms with E-state index in [4.69, 9.17) is 5.73 Å². The predicted molar refractivity (Wildman–Crippen MR) is 98.2 cm³/mol. The molecular weight excluding hydrogens is 381 g/mol. The van der Waals surface area contributed by atoms with E-state index in [1.165, 1.54) is 23.0 Å². The number of rotatable bonds is 3. The Morgan fingerprint density at radius 3 is 2.67 bits per heavy atom. The minimum atomic E-state index is -4.43. The molecule has 0 bridgehead atoms. The van der Waals surface area contributed by atoms with E-state index < -0.39 is 11.7 Å². The summed E-state index contributed by atoms with van der Waals surface area (Å²) in [6.07, 6.45) is -2.17. The molecule has 2 N–H and O–H groups in total. The van der Waals surface area contributed by atoms with Crippen molar-refractivity contribution in [2.24, 2.45) is 11.7 Å². The molecule has 0 aliphatic carbocycles. The first-order valence-corrected chi connectivity index (χ1v) is 8.45. The zero-order valence-corrected chi connectivity index (χ0v) is 15.8. The molecule has 2 atom stereocenters. The fourth-order valence-electron chi connectivity index (χ4n) is 3.44. The second-order valence-electron chi connectivity index (χ2n) is 6.75. The van der Waals surface area contributed by atoms with Crippen LogP contribution in [0.1, 0.15) is 35.0 Å². The van der Waals surface area contributed by atoms with Crippen molar-refractivity contribution in [1.29, 1.82) is 0 Å². The van der Waals surface area contributed by atoms with E-state index in [0.717, 1.165) is 18.6 Å². The smallest absolute Gasteiger partial charge is 0.335 e. The Kier molecular flexibility index (Phi) is 6.21. The Morgan fingerprint density at radius 1 is 1.37 bits per heavy atom. The summed E-state index contributed by atoms with van der Waals surface area (Å²) in [6, 6.07) is 4.97. The van der Waals surface area contributed by atoms with Crippen molar-refractivity contribution in [2.45, 2.75) is 32.5 Å². The van der Waals surface area contributed by atoms with Crippen LogP contribution in [0.4, 0.5) is 13.2 Å². The summed E-state index contributed by atoms with van der Waals surface area (Å²) in [6.45, 7) is 4.77. The molecule has 1 aromatic carbocycles. The number of nitrogens with two attached hydrogens (primary N) is 1. The van der Waals surface area contributed by atoms with Gasteiger partial charge in [0.15, 0.2) is 0 Å². The van der Waals surface area contributed by atoms with Gasteiger partial charge in [0.1, 0.15) is 0 Å². The first kappa shape index (κ1) is 21.2. The molecule has 1 aliphatic rings. The Balaban J connectivity index is 0.00000261. The van der Waals surface area contributed by atoms with Gasteiger partial charge in [-0.05, 0) is 50.9 Å². The van der Waals surface area contributed by atoms with Crippen LogP contribution in [0.2, 0.25) is 0 Å². The van der Waals surface area contributed by atoms with Crippen molar-refractivity contribution < 1.29 is 18.0 Å². The van der Waals surface area contributed by atoms with Crippen LogP contribution in [0.15, 0.2) is 30.5 Å². The fourth-order valence-corrected chi connectivity index (χ4v) is 3.44. The van der Waals surface area contributed by atoms with Gasteiger partial charge in [0.2, 0.25) is 0 Å². The Morgan fingerprint density at radius 2 is 2.07 bits per heavy atom. The average molecular weight is 403 g/mol. The topological polar surface area (TPSA) is 64.2 Å². The van der Waals surface area contributed by atoms with E-state index in [-0.39, 0.29) is 36.0 Å². The largest absolute Gasteiger partial charge is 0.416 e. The van der Waals surface area contributed by atoms with E-state index in [9.17, 15) is 18.0 Å². The molecule has 1 aromatic heterocycles. The minimum absolute atomic E-state index is 0. The van der Waals surface area contributed by atoms with Gasteiger partial charge in [0.25, 0.3) is 5.91 Å². The highest BCUT2D eigenvalue weighted by atomic mass is 35.5. The number of amides is 1. The maximum Gasteiger partial charge on any atom is 0.416 e. The van der Waals surface area contributed by atoms with Crippen molar-refractivity contribution in [1.82, 2.24) is 14.7 Å². The van der Waals surface area contributed by atoms with Crippen molar-refractivity contribution >= 4 is 18.3 Å². The summed E-state index contributed by atoms with van der Waals surface area (Å²) in [5, 5.41) is 4.14. The van der Waals surface area contributed by atoms with Gasteiger partial charge in [-0.3, -0.25) is 4.79 Å². The van der Waals surface area contributed by atoms with Gasteiger partial charge in [0.05, 0.1) is 28.7 Å². The second-order valence-corrected chi connectivity index (χ2v) is 6.75. The van der Waals surface area contributed by atoms with Gasteiger partial charge in [-0.15, -0.1) is 12.4 Å². The van der Waals surface area contributed by atoms with Gasteiger partial charge < -0.3 is 10.6 Å². The molecule has 1 saturated heterocycles. The minimum Gasteiger partial charge on any atom is -0.335 e. The number of carbonyl (C=O) groups is 1. The van der Waals surface area contributed by atoms with Crippen LogP contribution >= 0.6 is 12.4 Å². The van der Waals surface area contributed by atoms with Crippen LogP contribution in [0.25, 0.3) is 5.69 Å². The van der Waals surface area contributed by atoms with Gasteiger partial charge in [0, 0.05) is 12.6 Å². The van der Waals surface area contributed by atoms with Crippen molar-refractivity contribution in [2.75, 3.05) is 13.1 Å². The van der Waals surface area contributed by atoms with Crippen LogP contribution in [-0.2, 0) is 6.18 Å². The third kappa shape index (κ3) is 4.11. The molecule has 2 unspecified atom stereocenters. The van der Waals surface area contributed by atoms with Crippen LogP contribution in [0.3, 0.4) is 0 Å². The third-order valence-corrected chi connectivity index (χ3v) is 4.91. The average Bonchev–Trinajstić information content (AvgIpc) is 3.16. The number of alkyl halides is 3. The summed E-state index contributed by atoms with van der Waals surface area (Å²) in [4.78, 5) is 14.6. The Bertz CT molecular complexity index is 821. The molecule has 0 radical (unpaired) electrons. The van der Waals surface area contributed by atoms with E-state index >= 15 is 0 Å². The summed E-state index contributed by atoms with van der Waals surface area (Å²) in [5.74, 6) is 0.108. The number of halogens is 4. The molecule has 1 aliphatic heterocycles. The molecule has 9 heteroatoms. The first-order chi connectivity index (χ1) is 12.2. The summed E-state index contributed by atoms with van der Waals surface area (Å²) in [5.41, 5.74) is 6.13. The zero-order valence-electron chi connectivity index (χ0n) is 15.0. The fraction of sp³-hybridized carbons (Fsp3) is 0.444. The SMILES string of the molecule is Cc1c(C(=O)N2CC(CN)CC2C)cnn1-c1cccc(C(F)(F)F)c1.Cl. The molecule has 5 nitrogen and oxygen atoms in total. The number of nitrogens with zero attached hydrogens (tertiary/aromatic N) is 3. The maximum atomic E-state index is 12.9. The molecule has 0 spiro atoms. The molecule has 0 saturated carbocycles. The van der Waals surface area contributed by atoms with E-state index in [1.54, 1.807) is 11.8 Å². The van der Waals surface area contributed by atoms with E-state index in [1.807, 2.05) is 6.92 Å². The van der Waals surface area contributed by atoms with Crippen LogP contribution in [0.5, 0.6) is 0 Å². The maximum absolute atomic E-state index is 12.9. The lowest BCUT2D eigenvalue weighted by atomic mass is 10.1. The molecule has 3 rings (SSSR count). The lowest BCUT2D eigenvalue weighted by Crippen LogP contribution is -2.34. The number of aromatic nitrogens is 2. The standard InChI is InChI=1S/C18H21F3N4O.ClH/c1-11-6-13(8-22)10-24(11)17(26)16-9-23-25(12(16)2)15-5-3-4-14(7-15)18(19,20)21;/h3-5,7,9,11,13H,6,8,10,22H2,1-2H3;1H. The monoisotopic (exact) mass is 402 g/mol. The summed E-state index contributed by atoms with van der Waals surface area (Å²) < 4.78 is 40.2. The lowest BCUT2D eigenvalue weighted by molar-refractivity contribution is -0.137. The number of hydrogen-bond donors (Lipinski definition) is 1. The predicted octanol–water partition coefficient (Wildman–Crippen LogP) is 3.43. The molecule has 27 heavy (non-hydrogen) atoms. The second kappa shape index (κ2) is 7.90. The highest BCUT2D eigenvalue weighted by molar-refractivity contribution is 5.95. The quantitative estimate of drug-likeness (QED) is 0.855. The Labute approximate surface area is 161 Å². The van der Waals surface area contributed by atoms with Crippen molar-refractivity contribution in [3.8, 4) is 5.69 Å². The molecule has 2 aromatic rings. The van der Waals surface area contributed by atoms with E-state index in [0.29, 0.717) is 24.3 Å². The molecule has 148 valence electrons. The van der Waals surface area contributed by atoms with Crippen LogP contribution in [0, 0.1) is 12.8 Å². The summed E-state index contributed by atoms with van der Waals surface area (Å²) >= 11 is 0. The molecule has 1 fully saturated rings. The summed E-state index contributed by atoms with van der Waals surface area (Å²) in [7, 11) is 0. The highest BCUT2D eigenvalue weighted by Gasteiger charge is 2.34. The number of benzene rings is 1. The van der Waals surface area contributed by atoms with Gasteiger partial charge in [-0.1, -0.05) is 6.07 Å². The molecule has 1 amide bonds. The number of likely N-dealkylation sites (tertiary alicyclic amines) is 1. The van der Waals surface area contributed by atoms with Gasteiger partial charge >= 0.3 is 6.18 Å². The molecule has 2 heterocycles. The highest BCUT2D eigenvalue weighted by Crippen LogP contribution is 2.31. The zero-order chi connectivity index (χ0) is 19.1. The number of carbonyl (C=O) groups excluding carboxylic acids is 1. The number of hydrogen-bond acceptors (Lipinski definition) is 3. The Hall–Kier alpha value is -2.06. The molecular formula is C18H22ClF3N4O. The van der Waals surface area contributed by atoms with Crippen LogP contribution < -0.4 is 5.73 Å². The van der Waals surface area contributed by atoms with E-state index in [2.05, 4.69) is 5.10 Å².